The minimum atomic E-state index is -1.61. The molecule has 15 heavy (non-hydrogen) atoms. The molecule has 0 aliphatic carbocycles. The van der Waals surface area contributed by atoms with Crippen LogP contribution in [0.4, 0.5) is 11.5 Å². The van der Waals surface area contributed by atoms with Crippen LogP contribution in [0.2, 0.25) is 0 Å². The van der Waals surface area contributed by atoms with E-state index in [0.29, 0.717) is 0 Å². The first-order valence-corrected chi connectivity index (χ1v) is 8.17. The number of nitrogens with zero attached hydrogens (tertiary/aromatic N) is 2. The van der Waals surface area contributed by atoms with Crippen molar-refractivity contribution in [1.29, 1.82) is 0 Å². The topological polar surface area (TPSA) is 60.9 Å². The molecule has 1 fully saturated rings. The molecule has 1 aliphatic heterocycles. The zero-order valence-electron chi connectivity index (χ0n) is 8.48. The minimum absolute atomic E-state index is 0.722. The third-order valence-corrected chi connectivity index (χ3v) is 4.66. The van der Waals surface area contributed by atoms with E-state index in [2.05, 4.69) is 17.2 Å². The molecule has 2 N–H and O–H groups in total. The first-order chi connectivity index (χ1) is 7.31. The van der Waals surface area contributed by atoms with Crippen LogP contribution in [0.3, 0.4) is 0 Å². The molecule has 84 valence electrons. The number of alkyl halides is 1. The number of nitrogens with one attached hydrogen (secondary N) is 1. The SMILES string of the molecule is CCCNc1ccc(N(O)I2CO2)cn1. The monoisotopic (exact) mass is 323 g/mol. The number of pyridine rings is 1. The molecule has 2 heterocycles. The van der Waals surface area contributed by atoms with E-state index in [9.17, 15) is 5.21 Å². The van der Waals surface area contributed by atoms with Crippen molar-refractivity contribution >= 4 is 32.0 Å². The van der Waals surface area contributed by atoms with Gasteiger partial charge in [0.15, 0.2) is 0 Å². The number of hydrogen-bond acceptors (Lipinski definition) is 5. The molecule has 2 rings (SSSR count). The van der Waals surface area contributed by atoms with Crippen LogP contribution in [-0.4, -0.2) is 21.3 Å². The summed E-state index contributed by atoms with van der Waals surface area (Å²) in [6.07, 6.45) is 2.73. The molecule has 0 aromatic carbocycles. The number of hydrogen-bond donors (Lipinski definition) is 2. The number of halogens is 1. The number of aromatic nitrogens is 1. The van der Waals surface area contributed by atoms with Crippen molar-refractivity contribution in [1.82, 2.24) is 4.98 Å². The third-order valence-electron chi connectivity index (χ3n) is 1.90. The predicted molar refractivity (Wildman–Crippen MR) is 67.3 cm³/mol. The van der Waals surface area contributed by atoms with E-state index in [4.69, 9.17) is 3.07 Å². The maximum atomic E-state index is 9.64. The van der Waals surface area contributed by atoms with Crippen molar-refractivity contribution in [2.45, 2.75) is 13.3 Å². The third kappa shape index (κ3) is 2.93. The molecule has 0 radical (unpaired) electrons. The average molecular weight is 323 g/mol. The first kappa shape index (κ1) is 10.9. The molecule has 0 unspecified atom stereocenters. The number of rotatable bonds is 5. The van der Waals surface area contributed by atoms with E-state index in [1.54, 1.807) is 6.20 Å². The summed E-state index contributed by atoms with van der Waals surface area (Å²) in [7, 11) is 0. The zero-order chi connectivity index (χ0) is 10.7. The summed E-state index contributed by atoms with van der Waals surface area (Å²) in [5.74, 6) is 0.842. The van der Waals surface area contributed by atoms with Gasteiger partial charge in [0.25, 0.3) is 0 Å². The van der Waals surface area contributed by atoms with Gasteiger partial charge in [-0.25, -0.2) is 0 Å². The van der Waals surface area contributed by atoms with Crippen LogP contribution in [0.5, 0.6) is 0 Å². The fourth-order valence-corrected chi connectivity index (χ4v) is 3.32. The molecule has 1 aliphatic rings. The Morgan fingerprint density at radius 1 is 1.67 bits per heavy atom. The van der Waals surface area contributed by atoms with Gasteiger partial charge in [0.1, 0.15) is 0 Å². The average Bonchev–Trinajstić information content (AvgIpc) is 3.10. The Bertz CT molecular complexity index is 316. The van der Waals surface area contributed by atoms with Gasteiger partial charge in [-0.3, -0.25) is 0 Å². The Morgan fingerprint density at radius 2 is 2.47 bits per heavy atom. The van der Waals surface area contributed by atoms with Crippen LogP contribution >= 0.6 is 20.5 Å². The van der Waals surface area contributed by atoms with Gasteiger partial charge >= 0.3 is 96.7 Å². The van der Waals surface area contributed by atoms with E-state index < -0.39 is 20.5 Å². The second kappa shape index (κ2) is 4.95. The molecule has 0 atom stereocenters. The van der Waals surface area contributed by atoms with Gasteiger partial charge in [-0.2, -0.15) is 0 Å². The summed E-state index contributed by atoms with van der Waals surface area (Å²) in [6, 6.07) is 3.72. The quantitative estimate of drug-likeness (QED) is 0.286. The molecule has 0 saturated carbocycles. The van der Waals surface area contributed by atoms with E-state index in [1.165, 1.54) is 3.28 Å². The van der Waals surface area contributed by atoms with Crippen molar-refractivity contribution in [3.05, 3.63) is 18.3 Å². The first-order valence-electron chi connectivity index (χ1n) is 4.79. The summed E-state index contributed by atoms with van der Waals surface area (Å²) in [5, 5.41) is 12.8. The molecular formula is C9H14IN3O2. The summed E-state index contributed by atoms with van der Waals surface area (Å²) in [6.45, 7) is 3.02. The molecule has 0 spiro atoms. The molecule has 0 bridgehead atoms. The van der Waals surface area contributed by atoms with Gasteiger partial charge in [0, 0.05) is 0 Å². The van der Waals surface area contributed by atoms with Gasteiger partial charge in [-0.05, 0) is 0 Å². The van der Waals surface area contributed by atoms with Crippen LogP contribution in [0.25, 0.3) is 0 Å². The Hall–Kier alpha value is -0.600. The fraction of sp³-hybridized carbons (Fsp3) is 0.444. The Balaban J connectivity index is 1.96. The van der Waals surface area contributed by atoms with Crippen molar-refractivity contribution in [2.24, 2.45) is 0 Å². The van der Waals surface area contributed by atoms with Gasteiger partial charge in [-0.15, -0.1) is 0 Å². The zero-order valence-corrected chi connectivity index (χ0v) is 10.6. The normalized spacial score (nSPS) is 16.3. The summed E-state index contributed by atoms with van der Waals surface area (Å²) in [4.78, 5) is 4.20. The fourth-order valence-electron chi connectivity index (χ4n) is 1.07. The van der Waals surface area contributed by atoms with Crippen LogP contribution in [-0.2, 0) is 3.07 Å². The van der Waals surface area contributed by atoms with E-state index >= 15 is 0 Å². The van der Waals surface area contributed by atoms with E-state index in [-0.39, 0.29) is 0 Å². The number of anilines is 2. The molecule has 1 saturated heterocycles. The second-order valence-electron chi connectivity index (χ2n) is 3.10. The van der Waals surface area contributed by atoms with Crippen LogP contribution in [0.1, 0.15) is 13.3 Å². The Morgan fingerprint density at radius 3 is 3.00 bits per heavy atom. The molecular weight excluding hydrogens is 309 g/mol. The van der Waals surface area contributed by atoms with Crippen molar-refractivity contribution < 1.29 is 8.27 Å². The van der Waals surface area contributed by atoms with Gasteiger partial charge in [-0.1, -0.05) is 0 Å². The van der Waals surface area contributed by atoms with E-state index in [1.807, 2.05) is 12.1 Å². The van der Waals surface area contributed by atoms with Crippen LogP contribution < -0.4 is 8.59 Å². The van der Waals surface area contributed by atoms with Crippen LogP contribution in [0, 0.1) is 0 Å². The molecule has 1 aromatic rings. The second-order valence-corrected chi connectivity index (χ2v) is 6.96. The van der Waals surface area contributed by atoms with Crippen LogP contribution in [0.15, 0.2) is 18.3 Å². The Labute approximate surface area is 96.7 Å². The van der Waals surface area contributed by atoms with Crippen molar-refractivity contribution in [3.63, 3.8) is 0 Å². The standard InChI is InChI=1S/C9H14IN3O2/c1-2-5-11-9-4-3-8(6-12-9)13(14)10-7-15-10/h3-4,6,14H,2,5,7H2,1H3,(H,11,12). The molecule has 0 amide bonds. The van der Waals surface area contributed by atoms with Gasteiger partial charge in [0.2, 0.25) is 0 Å². The van der Waals surface area contributed by atoms with E-state index in [0.717, 1.165) is 29.1 Å². The Kier molecular flexibility index (Phi) is 3.60. The van der Waals surface area contributed by atoms with Gasteiger partial charge in [0.05, 0.1) is 0 Å². The van der Waals surface area contributed by atoms with Crippen molar-refractivity contribution in [2.75, 3.05) is 19.8 Å². The predicted octanol–water partition coefficient (Wildman–Crippen LogP) is 2.42. The molecule has 5 nitrogen and oxygen atoms in total. The van der Waals surface area contributed by atoms with Gasteiger partial charge < -0.3 is 0 Å². The molecule has 1 aromatic heterocycles. The summed E-state index contributed by atoms with van der Waals surface area (Å²) >= 11 is -1.61. The molecule has 6 heteroatoms. The van der Waals surface area contributed by atoms with Crippen molar-refractivity contribution in [3.8, 4) is 0 Å². The maximum absolute atomic E-state index is 9.64. The summed E-state index contributed by atoms with van der Waals surface area (Å²) < 4.78 is 7.09. The summed E-state index contributed by atoms with van der Waals surface area (Å²) in [5.41, 5.74) is 0.722.